The molecule has 0 bridgehead atoms. The number of fused-ring (bicyclic) bond motifs is 1. The second-order valence-electron chi connectivity index (χ2n) is 7.15. The maximum Gasteiger partial charge on any atom is 0.255 e. The molecule has 2 aliphatic heterocycles. The van der Waals surface area contributed by atoms with Crippen LogP contribution in [0.5, 0.6) is 11.5 Å². The largest absolute Gasteiger partial charge is 0.485 e. The summed E-state index contributed by atoms with van der Waals surface area (Å²) < 4.78 is 16.4. The number of aliphatic hydroxyl groups is 2. The number of ether oxygens (including phenoxy) is 3. The number of carbonyl (C=O) groups excluding carboxylic acids is 1. The lowest BCUT2D eigenvalue weighted by Gasteiger charge is -2.36. The first-order valence-electron chi connectivity index (χ1n) is 9.76. The van der Waals surface area contributed by atoms with Crippen LogP contribution in [0.4, 0.5) is 5.69 Å². The van der Waals surface area contributed by atoms with Gasteiger partial charge in [0.25, 0.3) is 5.91 Å². The van der Waals surface area contributed by atoms with E-state index in [1.165, 1.54) is 6.07 Å². The smallest absolute Gasteiger partial charge is 0.255 e. The van der Waals surface area contributed by atoms with Gasteiger partial charge >= 0.3 is 0 Å². The Balaban J connectivity index is 1.53. The molecule has 0 aliphatic carbocycles. The second kappa shape index (κ2) is 10.3. The first-order valence-corrected chi connectivity index (χ1v) is 10.1. The van der Waals surface area contributed by atoms with E-state index in [4.69, 9.17) is 36.7 Å². The zero-order valence-corrected chi connectivity index (χ0v) is 17.0. The number of anilines is 1. The highest BCUT2D eigenvalue weighted by molar-refractivity contribution is 6.35. The number of likely N-dealkylation sites (tertiary alicyclic amines) is 1. The lowest BCUT2D eigenvalue weighted by Crippen LogP contribution is -2.48. The summed E-state index contributed by atoms with van der Waals surface area (Å²) in [5.41, 5.74) is 6.42. The van der Waals surface area contributed by atoms with Crippen LogP contribution >= 0.6 is 11.6 Å². The van der Waals surface area contributed by atoms with Crippen molar-refractivity contribution in [1.29, 1.82) is 0 Å². The zero-order valence-electron chi connectivity index (χ0n) is 16.2. The Kier molecular flexibility index (Phi) is 7.79. The third-order valence-corrected chi connectivity index (χ3v) is 5.53. The first kappa shape index (κ1) is 21.9. The number of nitrogens with zero attached hydrogens (tertiary/aromatic N) is 1. The number of piperidine rings is 1. The summed E-state index contributed by atoms with van der Waals surface area (Å²) in [7, 11) is 0. The van der Waals surface area contributed by atoms with Crippen molar-refractivity contribution in [3.05, 3.63) is 16.7 Å². The lowest BCUT2D eigenvalue weighted by molar-refractivity contribution is 0.00567. The van der Waals surface area contributed by atoms with E-state index in [-0.39, 0.29) is 34.7 Å². The summed E-state index contributed by atoms with van der Waals surface area (Å²) in [5, 5.41) is 22.3. The van der Waals surface area contributed by atoms with Crippen molar-refractivity contribution in [3.63, 3.8) is 0 Å². The fourth-order valence-electron chi connectivity index (χ4n) is 3.53. The lowest BCUT2D eigenvalue weighted by atomic mass is 9.93. The number of benzene rings is 1. The number of carbonyl (C=O) groups is 1. The van der Waals surface area contributed by atoms with Crippen LogP contribution in [0.1, 0.15) is 16.8 Å². The SMILES string of the molecule is Nc1cc(C(=O)NC[C@@H]2CCN(CCOCCO)CC2O)c2c(c1Cl)OCCO2. The average molecular weight is 430 g/mol. The van der Waals surface area contributed by atoms with Gasteiger partial charge in [-0.3, -0.25) is 9.69 Å². The van der Waals surface area contributed by atoms with Crippen molar-refractivity contribution in [1.82, 2.24) is 10.2 Å². The Hall–Kier alpha value is -1.78. The van der Waals surface area contributed by atoms with Gasteiger partial charge in [-0.25, -0.2) is 0 Å². The summed E-state index contributed by atoms with van der Waals surface area (Å²) >= 11 is 6.15. The molecule has 2 heterocycles. The van der Waals surface area contributed by atoms with Gasteiger partial charge in [-0.15, -0.1) is 0 Å². The molecule has 3 rings (SSSR count). The Labute approximate surface area is 174 Å². The minimum atomic E-state index is -0.550. The number of nitrogen functional groups attached to an aromatic ring is 1. The predicted octanol–water partition coefficient (Wildman–Crippen LogP) is 0.115. The number of β-amino-alcohol motifs (C(OH)–C–C–N with tert-alkyl or cyclic N) is 1. The molecule has 2 atom stereocenters. The molecule has 1 amide bonds. The Morgan fingerprint density at radius 1 is 1.34 bits per heavy atom. The highest BCUT2D eigenvalue weighted by atomic mass is 35.5. The molecule has 5 N–H and O–H groups in total. The minimum Gasteiger partial charge on any atom is -0.485 e. The van der Waals surface area contributed by atoms with Gasteiger partial charge in [-0.05, 0) is 19.0 Å². The van der Waals surface area contributed by atoms with Gasteiger partial charge in [0.2, 0.25) is 0 Å². The van der Waals surface area contributed by atoms with Crippen LogP contribution < -0.4 is 20.5 Å². The molecule has 10 heteroatoms. The van der Waals surface area contributed by atoms with Crippen LogP contribution in [-0.2, 0) is 4.74 Å². The van der Waals surface area contributed by atoms with Crippen molar-refractivity contribution < 1.29 is 29.2 Å². The molecule has 0 radical (unpaired) electrons. The summed E-state index contributed by atoms with van der Waals surface area (Å²) in [4.78, 5) is 14.8. The molecule has 1 fully saturated rings. The first-order chi connectivity index (χ1) is 14.0. The van der Waals surface area contributed by atoms with Gasteiger partial charge in [0.1, 0.15) is 18.2 Å². The molecule has 162 valence electrons. The van der Waals surface area contributed by atoms with Gasteiger partial charge in [-0.1, -0.05) is 11.6 Å². The van der Waals surface area contributed by atoms with Crippen molar-refractivity contribution >= 4 is 23.2 Å². The van der Waals surface area contributed by atoms with E-state index in [1.54, 1.807) is 0 Å². The third-order valence-electron chi connectivity index (χ3n) is 5.14. The maximum atomic E-state index is 12.7. The normalized spacial score (nSPS) is 21.8. The van der Waals surface area contributed by atoms with Crippen molar-refractivity contribution in [2.45, 2.75) is 12.5 Å². The number of hydrogen-bond donors (Lipinski definition) is 4. The Morgan fingerprint density at radius 2 is 2.10 bits per heavy atom. The van der Waals surface area contributed by atoms with Gasteiger partial charge in [0, 0.05) is 25.6 Å². The molecule has 29 heavy (non-hydrogen) atoms. The average Bonchev–Trinajstić information content (AvgIpc) is 2.73. The predicted molar refractivity (Wildman–Crippen MR) is 108 cm³/mol. The molecule has 1 unspecified atom stereocenters. The fraction of sp³-hybridized carbons (Fsp3) is 0.632. The van der Waals surface area contributed by atoms with Gasteiger partial charge in [0.05, 0.1) is 37.2 Å². The van der Waals surface area contributed by atoms with E-state index in [2.05, 4.69) is 10.2 Å². The van der Waals surface area contributed by atoms with Gasteiger partial charge in [0.15, 0.2) is 11.5 Å². The molecule has 1 aromatic carbocycles. The van der Waals surface area contributed by atoms with Crippen molar-refractivity contribution in [3.8, 4) is 11.5 Å². The summed E-state index contributed by atoms with van der Waals surface area (Å²) in [5.74, 6) is 0.194. The monoisotopic (exact) mass is 429 g/mol. The van der Waals surface area contributed by atoms with Gasteiger partial charge in [-0.2, -0.15) is 0 Å². The minimum absolute atomic E-state index is 0.00401. The molecule has 2 aliphatic rings. The van der Waals surface area contributed by atoms with Gasteiger partial charge < -0.3 is 35.5 Å². The van der Waals surface area contributed by atoms with Crippen LogP contribution in [-0.4, -0.2) is 86.3 Å². The van der Waals surface area contributed by atoms with E-state index in [0.717, 1.165) is 13.0 Å². The fourth-order valence-corrected chi connectivity index (χ4v) is 3.73. The molecule has 0 saturated carbocycles. The molecule has 1 aromatic rings. The second-order valence-corrected chi connectivity index (χ2v) is 7.52. The number of nitrogens with two attached hydrogens (primary N) is 1. The summed E-state index contributed by atoms with van der Waals surface area (Å²) in [6.07, 6.45) is 0.202. The number of aliphatic hydroxyl groups excluding tert-OH is 2. The van der Waals surface area contributed by atoms with E-state index in [9.17, 15) is 9.90 Å². The van der Waals surface area contributed by atoms with E-state index >= 15 is 0 Å². The van der Waals surface area contributed by atoms with E-state index in [1.807, 2.05) is 0 Å². The van der Waals surface area contributed by atoms with Crippen LogP contribution in [0, 0.1) is 5.92 Å². The van der Waals surface area contributed by atoms with Crippen LogP contribution in [0.2, 0.25) is 5.02 Å². The standard InChI is InChI=1S/C19H28ClN3O6/c20-16-14(21)9-13(17-18(16)29-8-7-28-17)19(26)22-10-12-1-2-23(11-15(12)25)3-5-27-6-4-24/h9,12,15,24-25H,1-8,10-11,21H2,(H,22,26)/t12-,15?/m0/s1. The highest BCUT2D eigenvalue weighted by Crippen LogP contribution is 2.43. The van der Waals surface area contributed by atoms with E-state index < -0.39 is 6.10 Å². The Morgan fingerprint density at radius 3 is 2.83 bits per heavy atom. The van der Waals surface area contributed by atoms with Crippen LogP contribution in [0.25, 0.3) is 0 Å². The van der Waals surface area contributed by atoms with Crippen LogP contribution in [0.3, 0.4) is 0 Å². The topological polar surface area (TPSA) is 127 Å². The molecular formula is C19H28ClN3O6. The summed E-state index contributed by atoms with van der Waals surface area (Å²) in [6.45, 7) is 3.86. The quantitative estimate of drug-likeness (QED) is 0.339. The van der Waals surface area contributed by atoms with Crippen molar-refractivity contribution in [2.24, 2.45) is 5.92 Å². The third kappa shape index (κ3) is 5.43. The van der Waals surface area contributed by atoms with Crippen molar-refractivity contribution in [2.75, 3.05) is 64.9 Å². The number of rotatable bonds is 8. The molecule has 0 spiro atoms. The molecule has 9 nitrogen and oxygen atoms in total. The Bertz CT molecular complexity index is 720. The summed E-state index contributed by atoms with van der Waals surface area (Å²) in [6, 6.07) is 1.48. The number of hydrogen-bond acceptors (Lipinski definition) is 8. The van der Waals surface area contributed by atoms with E-state index in [0.29, 0.717) is 57.6 Å². The number of nitrogens with one attached hydrogen (secondary N) is 1. The molecule has 0 aromatic heterocycles. The molecule has 1 saturated heterocycles. The highest BCUT2D eigenvalue weighted by Gasteiger charge is 2.29. The number of amides is 1. The zero-order chi connectivity index (χ0) is 20.8. The number of halogens is 1. The van der Waals surface area contributed by atoms with Crippen LogP contribution in [0.15, 0.2) is 6.07 Å². The molecular weight excluding hydrogens is 402 g/mol. The maximum absolute atomic E-state index is 12.7.